The highest BCUT2D eigenvalue weighted by atomic mass is 15.2. The zero-order chi connectivity index (χ0) is 9.10. The monoisotopic (exact) mass is 175 g/mol. The maximum absolute atomic E-state index is 5.47. The van der Waals surface area contributed by atoms with Crippen LogP contribution in [0.5, 0.6) is 0 Å². The third-order valence-electron chi connectivity index (χ3n) is 2.14. The lowest BCUT2D eigenvalue weighted by Crippen LogP contribution is -2.04. The summed E-state index contributed by atoms with van der Waals surface area (Å²) in [5, 5.41) is 4.25. The van der Waals surface area contributed by atoms with E-state index in [1.165, 1.54) is 5.69 Å². The van der Waals surface area contributed by atoms with Crippen LogP contribution in [0.15, 0.2) is 30.5 Å². The van der Waals surface area contributed by atoms with Gasteiger partial charge in [-0.3, -0.25) is 0 Å². The van der Waals surface area contributed by atoms with Crippen LogP contribution in [0.25, 0.3) is 5.52 Å². The minimum absolute atomic E-state index is 0.734. The molecule has 0 aliphatic carbocycles. The van der Waals surface area contributed by atoms with Crippen molar-refractivity contribution >= 4 is 5.52 Å². The van der Waals surface area contributed by atoms with E-state index >= 15 is 0 Å². The Labute approximate surface area is 77.2 Å². The Bertz CT molecular complexity index is 392. The van der Waals surface area contributed by atoms with Crippen LogP contribution >= 0.6 is 0 Å². The molecule has 0 aliphatic rings. The summed E-state index contributed by atoms with van der Waals surface area (Å²) in [6.07, 6.45) is 3.83. The van der Waals surface area contributed by atoms with Crippen molar-refractivity contribution in [1.29, 1.82) is 0 Å². The number of rotatable bonds is 3. The summed E-state index contributed by atoms with van der Waals surface area (Å²) < 4.78 is 1.97. The zero-order valence-corrected chi connectivity index (χ0v) is 7.48. The van der Waals surface area contributed by atoms with E-state index in [9.17, 15) is 0 Å². The van der Waals surface area contributed by atoms with Gasteiger partial charge >= 0.3 is 0 Å². The normalized spacial score (nSPS) is 10.8. The Hall–Kier alpha value is -1.35. The SMILES string of the molecule is NCCCc1cccc2ccnn12. The van der Waals surface area contributed by atoms with Crippen molar-refractivity contribution in [3.8, 4) is 0 Å². The Morgan fingerprint density at radius 3 is 3.08 bits per heavy atom. The Morgan fingerprint density at radius 2 is 2.23 bits per heavy atom. The number of aromatic nitrogens is 2. The molecule has 2 aromatic rings. The molecule has 3 heteroatoms. The van der Waals surface area contributed by atoms with Crippen LogP contribution in [0.3, 0.4) is 0 Å². The van der Waals surface area contributed by atoms with Crippen LogP contribution in [-0.2, 0) is 6.42 Å². The number of fused-ring (bicyclic) bond motifs is 1. The molecule has 0 spiro atoms. The van der Waals surface area contributed by atoms with Crippen LogP contribution in [0.1, 0.15) is 12.1 Å². The second kappa shape index (κ2) is 3.58. The fourth-order valence-electron chi connectivity index (χ4n) is 1.48. The van der Waals surface area contributed by atoms with E-state index in [0.29, 0.717) is 0 Å². The Morgan fingerprint density at radius 1 is 1.31 bits per heavy atom. The maximum atomic E-state index is 5.47. The van der Waals surface area contributed by atoms with E-state index < -0.39 is 0 Å². The number of hydrogen-bond donors (Lipinski definition) is 1. The van der Waals surface area contributed by atoms with Crippen molar-refractivity contribution in [2.24, 2.45) is 5.73 Å². The lowest BCUT2D eigenvalue weighted by atomic mass is 10.2. The first-order valence-corrected chi connectivity index (χ1v) is 4.53. The van der Waals surface area contributed by atoms with Crippen LogP contribution in [0.2, 0.25) is 0 Å². The molecule has 3 nitrogen and oxygen atoms in total. The molecule has 2 heterocycles. The van der Waals surface area contributed by atoms with E-state index in [1.807, 2.05) is 16.8 Å². The number of aryl methyl sites for hydroxylation is 1. The van der Waals surface area contributed by atoms with Gasteiger partial charge in [0.05, 0.1) is 5.52 Å². The molecule has 0 fully saturated rings. The molecule has 68 valence electrons. The van der Waals surface area contributed by atoms with Gasteiger partial charge in [0, 0.05) is 11.9 Å². The molecule has 2 N–H and O–H groups in total. The van der Waals surface area contributed by atoms with Crippen LogP contribution in [0, 0.1) is 0 Å². The molecule has 0 radical (unpaired) electrons. The predicted octanol–water partition coefficient (Wildman–Crippen LogP) is 1.23. The average molecular weight is 175 g/mol. The Kier molecular flexibility index (Phi) is 2.27. The lowest BCUT2D eigenvalue weighted by molar-refractivity contribution is 0.767. The van der Waals surface area contributed by atoms with Crippen molar-refractivity contribution in [1.82, 2.24) is 9.61 Å². The van der Waals surface area contributed by atoms with Gasteiger partial charge in [-0.25, -0.2) is 4.52 Å². The van der Waals surface area contributed by atoms with E-state index in [2.05, 4.69) is 23.3 Å². The van der Waals surface area contributed by atoms with Crippen molar-refractivity contribution in [2.75, 3.05) is 6.54 Å². The van der Waals surface area contributed by atoms with Gasteiger partial charge in [-0.2, -0.15) is 5.10 Å². The first kappa shape index (κ1) is 8.26. The van der Waals surface area contributed by atoms with Crippen molar-refractivity contribution in [3.63, 3.8) is 0 Å². The van der Waals surface area contributed by atoms with E-state index in [4.69, 9.17) is 5.73 Å². The summed E-state index contributed by atoms with van der Waals surface area (Å²) in [5.74, 6) is 0. The molecule has 0 saturated carbocycles. The summed E-state index contributed by atoms with van der Waals surface area (Å²) in [6, 6.07) is 8.21. The molecule has 0 bridgehead atoms. The molecule has 0 amide bonds. The standard InChI is InChI=1S/C10H13N3/c11-7-2-5-9-3-1-4-10-6-8-12-13(9)10/h1,3-4,6,8H,2,5,7,11H2. The van der Waals surface area contributed by atoms with E-state index in [0.717, 1.165) is 24.9 Å². The molecule has 0 aliphatic heterocycles. The molecule has 2 aromatic heterocycles. The molecule has 0 aromatic carbocycles. The average Bonchev–Trinajstić information content (AvgIpc) is 2.62. The minimum Gasteiger partial charge on any atom is -0.330 e. The fraction of sp³-hybridized carbons (Fsp3) is 0.300. The fourth-order valence-corrected chi connectivity index (χ4v) is 1.48. The smallest absolute Gasteiger partial charge is 0.0664 e. The maximum Gasteiger partial charge on any atom is 0.0664 e. The molecule has 2 rings (SSSR count). The molecule has 13 heavy (non-hydrogen) atoms. The van der Waals surface area contributed by atoms with Gasteiger partial charge in [0.25, 0.3) is 0 Å². The van der Waals surface area contributed by atoms with Crippen molar-refractivity contribution in [2.45, 2.75) is 12.8 Å². The molecule has 0 unspecified atom stereocenters. The predicted molar refractivity (Wildman–Crippen MR) is 52.6 cm³/mol. The van der Waals surface area contributed by atoms with Gasteiger partial charge < -0.3 is 5.73 Å². The van der Waals surface area contributed by atoms with Gasteiger partial charge in [-0.15, -0.1) is 0 Å². The first-order valence-electron chi connectivity index (χ1n) is 4.53. The van der Waals surface area contributed by atoms with Crippen molar-refractivity contribution < 1.29 is 0 Å². The van der Waals surface area contributed by atoms with E-state index in [1.54, 1.807) is 0 Å². The van der Waals surface area contributed by atoms with Gasteiger partial charge in [0.1, 0.15) is 0 Å². The summed E-state index contributed by atoms with van der Waals surface area (Å²) in [6.45, 7) is 0.734. The highest BCUT2D eigenvalue weighted by molar-refractivity contribution is 5.46. The van der Waals surface area contributed by atoms with Crippen molar-refractivity contribution in [3.05, 3.63) is 36.2 Å². The topological polar surface area (TPSA) is 43.3 Å². The lowest BCUT2D eigenvalue weighted by Gasteiger charge is -2.02. The molecular weight excluding hydrogens is 162 g/mol. The number of hydrogen-bond acceptors (Lipinski definition) is 2. The quantitative estimate of drug-likeness (QED) is 0.762. The van der Waals surface area contributed by atoms with Crippen LogP contribution in [0.4, 0.5) is 0 Å². The van der Waals surface area contributed by atoms with Crippen LogP contribution in [-0.4, -0.2) is 16.2 Å². The summed E-state index contributed by atoms with van der Waals surface area (Å²) in [4.78, 5) is 0. The summed E-state index contributed by atoms with van der Waals surface area (Å²) >= 11 is 0. The second-order valence-corrected chi connectivity index (χ2v) is 3.08. The summed E-state index contributed by atoms with van der Waals surface area (Å²) in [5.41, 5.74) is 7.84. The van der Waals surface area contributed by atoms with Gasteiger partial charge in [0.2, 0.25) is 0 Å². The van der Waals surface area contributed by atoms with Gasteiger partial charge in [-0.05, 0) is 37.6 Å². The minimum atomic E-state index is 0.734. The van der Waals surface area contributed by atoms with E-state index in [-0.39, 0.29) is 0 Å². The summed E-state index contributed by atoms with van der Waals surface area (Å²) in [7, 11) is 0. The second-order valence-electron chi connectivity index (χ2n) is 3.08. The Balaban J connectivity index is 2.37. The third kappa shape index (κ3) is 1.55. The number of pyridine rings is 1. The highest BCUT2D eigenvalue weighted by Gasteiger charge is 1.98. The van der Waals surface area contributed by atoms with Gasteiger partial charge in [0.15, 0.2) is 0 Å². The number of nitrogens with two attached hydrogens (primary N) is 1. The molecule has 0 atom stereocenters. The first-order chi connectivity index (χ1) is 6.42. The molecular formula is C10H13N3. The highest BCUT2D eigenvalue weighted by Crippen LogP contribution is 2.07. The third-order valence-corrected chi connectivity index (χ3v) is 2.14. The largest absolute Gasteiger partial charge is 0.330 e. The molecule has 0 saturated heterocycles. The van der Waals surface area contributed by atoms with Gasteiger partial charge in [-0.1, -0.05) is 6.07 Å². The van der Waals surface area contributed by atoms with Crippen LogP contribution < -0.4 is 5.73 Å². The zero-order valence-electron chi connectivity index (χ0n) is 7.48. The number of nitrogens with zero attached hydrogens (tertiary/aromatic N) is 2.